The molecular weight excluding hydrogens is 370 g/mol. The number of rotatable bonds is 3. The number of thioether (sulfide) groups is 1. The Hall–Kier alpha value is -1.77. The number of carbonyl (C=O) groups is 4. The zero-order valence-corrected chi connectivity index (χ0v) is 17.3. The smallest absolute Gasteiger partial charge is 0.397 e. The average Bonchev–Trinajstić information content (AvgIpc) is 3.09. The fourth-order valence-electron chi connectivity index (χ4n) is 3.11. The van der Waals surface area contributed by atoms with Gasteiger partial charge in [-0.1, -0.05) is 20.8 Å². The van der Waals surface area contributed by atoms with Crippen LogP contribution in [0.3, 0.4) is 0 Å². The minimum atomic E-state index is -0.858. The average molecular weight is 400 g/mol. The van der Waals surface area contributed by atoms with Crippen LogP contribution in [-0.2, 0) is 23.9 Å². The summed E-state index contributed by atoms with van der Waals surface area (Å²) in [6.07, 6.45) is 0.402. The van der Waals surface area contributed by atoms with Crippen molar-refractivity contribution in [1.29, 1.82) is 0 Å². The van der Waals surface area contributed by atoms with Crippen molar-refractivity contribution in [3.8, 4) is 0 Å². The van der Waals surface area contributed by atoms with E-state index >= 15 is 0 Å². The third-order valence-electron chi connectivity index (χ3n) is 4.50. The maximum Gasteiger partial charge on any atom is 0.397 e. The van der Waals surface area contributed by atoms with Crippen LogP contribution in [0, 0.1) is 5.41 Å². The van der Waals surface area contributed by atoms with Crippen LogP contribution in [0.4, 0.5) is 0 Å². The van der Waals surface area contributed by atoms with E-state index in [0.717, 1.165) is 0 Å². The summed E-state index contributed by atoms with van der Waals surface area (Å²) in [7, 11) is 0. The van der Waals surface area contributed by atoms with E-state index in [0.29, 0.717) is 44.2 Å². The molecule has 152 valence electrons. The molecule has 0 N–H and O–H groups in total. The highest BCUT2D eigenvalue weighted by molar-refractivity contribution is 7.99. The van der Waals surface area contributed by atoms with Crippen molar-refractivity contribution in [2.24, 2.45) is 5.41 Å². The fourth-order valence-corrected chi connectivity index (χ4v) is 4.28. The van der Waals surface area contributed by atoms with E-state index in [9.17, 15) is 19.2 Å². The van der Waals surface area contributed by atoms with Gasteiger partial charge in [0.15, 0.2) is 0 Å². The molecule has 2 rings (SSSR count). The van der Waals surface area contributed by atoms with Crippen LogP contribution in [0.1, 0.15) is 34.1 Å². The van der Waals surface area contributed by atoms with E-state index in [-0.39, 0.29) is 23.8 Å². The SMILES string of the molecule is CCOC(=O)C(=O)N1CCN(C(=O)C2CSCN2C(=O)CC(C)(C)C)CC1. The third kappa shape index (κ3) is 5.60. The van der Waals surface area contributed by atoms with Crippen LogP contribution in [0.5, 0.6) is 0 Å². The van der Waals surface area contributed by atoms with Gasteiger partial charge in [0.2, 0.25) is 11.8 Å². The van der Waals surface area contributed by atoms with Gasteiger partial charge in [0.05, 0.1) is 12.5 Å². The molecule has 0 saturated carbocycles. The minimum Gasteiger partial charge on any atom is -0.459 e. The number of hydrogen-bond donors (Lipinski definition) is 0. The molecule has 3 amide bonds. The number of piperazine rings is 1. The van der Waals surface area contributed by atoms with Gasteiger partial charge in [-0.15, -0.1) is 11.8 Å². The number of ether oxygens (including phenoxy) is 1. The maximum atomic E-state index is 12.9. The first-order valence-corrected chi connectivity index (χ1v) is 10.4. The first kappa shape index (κ1) is 21.5. The zero-order valence-electron chi connectivity index (χ0n) is 16.5. The molecule has 0 aromatic rings. The van der Waals surface area contributed by atoms with Gasteiger partial charge in [-0.2, -0.15) is 0 Å². The van der Waals surface area contributed by atoms with Crippen LogP contribution in [-0.4, -0.2) is 88.8 Å². The highest BCUT2D eigenvalue weighted by atomic mass is 32.2. The Kier molecular flexibility index (Phi) is 7.13. The molecule has 0 aromatic heterocycles. The Morgan fingerprint density at radius 2 is 1.63 bits per heavy atom. The molecular formula is C18H29N3O5S. The molecule has 0 aromatic carbocycles. The molecule has 1 atom stereocenters. The molecule has 2 saturated heterocycles. The summed E-state index contributed by atoms with van der Waals surface area (Å²) in [5, 5.41) is 0. The van der Waals surface area contributed by atoms with Crippen molar-refractivity contribution in [1.82, 2.24) is 14.7 Å². The zero-order chi connectivity index (χ0) is 20.2. The number of carbonyl (C=O) groups excluding carboxylic acids is 4. The normalized spacial score (nSPS) is 20.6. The second-order valence-corrected chi connectivity index (χ2v) is 8.95. The Morgan fingerprint density at radius 3 is 2.19 bits per heavy atom. The van der Waals surface area contributed by atoms with Gasteiger partial charge < -0.3 is 19.4 Å². The van der Waals surface area contributed by atoms with Crippen LogP contribution in [0.15, 0.2) is 0 Å². The van der Waals surface area contributed by atoms with Gasteiger partial charge in [0.25, 0.3) is 0 Å². The highest BCUT2D eigenvalue weighted by Gasteiger charge is 2.39. The van der Waals surface area contributed by atoms with Gasteiger partial charge in [0.1, 0.15) is 6.04 Å². The van der Waals surface area contributed by atoms with E-state index in [1.807, 2.05) is 20.8 Å². The van der Waals surface area contributed by atoms with Gasteiger partial charge in [-0.05, 0) is 12.3 Å². The lowest BCUT2D eigenvalue weighted by atomic mass is 9.91. The summed E-state index contributed by atoms with van der Waals surface area (Å²) in [6, 6.07) is -0.447. The summed E-state index contributed by atoms with van der Waals surface area (Å²) >= 11 is 1.58. The summed E-state index contributed by atoms with van der Waals surface area (Å²) < 4.78 is 4.74. The molecule has 2 aliphatic rings. The number of nitrogens with zero attached hydrogens (tertiary/aromatic N) is 3. The Bertz CT molecular complexity index is 596. The topological polar surface area (TPSA) is 87.2 Å². The fraction of sp³-hybridized carbons (Fsp3) is 0.778. The quantitative estimate of drug-likeness (QED) is 0.509. The van der Waals surface area contributed by atoms with Crippen molar-refractivity contribution in [3.05, 3.63) is 0 Å². The minimum absolute atomic E-state index is 0.00183. The third-order valence-corrected chi connectivity index (χ3v) is 5.51. The van der Waals surface area contributed by atoms with Gasteiger partial charge in [-0.3, -0.25) is 14.4 Å². The Labute approximate surface area is 164 Å². The van der Waals surface area contributed by atoms with Crippen molar-refractivity contribution >= 4 is 35.5 Å². The largest absolute Gasteiger partial charge is 0.459 e. The molecule has 2 fully saturated rings. The van der Waals surface area contributed by atoms with Crippen LogP contribution < -0.4 is 0 Å². The molecule has 0 radical (unpaired) electrons. The van der Waals surface area contributed by atoms with E-state index in [4.69, 9.17) is 4.74 Å². The molecule has 0 spiro atoms. The first-order valence-electron chi connectivity index (χ1n) is 9.26. The van der Waals surface area contributed by atoms with Gasteiger partial charge >= 0.3 is 11.9 Å². The number of esters is 1. The Morgan fingerprint density at radius 1 is 1.04 bits per heavy atom. The molecule has 0 aliphatic carbocycles. The second kappa shape index (κ2) is 8.95. The van der Waals surface area contributed by atoms with Crippen molar-refractivity contribution in [3.63, 3.8) is 0 Å². The van der Waals surface area contributed by atoms with Gasteiger partial charge in [-0.25, -0.2) is 4.79 Å². The summed E-state index contributed by atoms with van der Waals surface area (Å²) in [5.74, 6) is -0.471. The summed E-state index contributed by atoms with van der Waals surface area (Å²) in [4.78, 5) is 53.8. The van der Waals surface area contributed by atoms with E-state index in [1.54, 1.807) is 28.5 Å². The van der Waals surface area contributed by atoms with Crippen molar-refractivity contribution in [2.75, 3.05) is 44.4 Å². The van der Waals surface area contributed by atoms with E-state index in [2.05, 4.69) is 0 Å². The molecule has 27 heavy (non-hydrogen) atoms. The van der Waals surface area contributed by atoms with Crippen molar-refractivity contribution < 1.29 is 23.9 Å². The molecule has 2 heterocycles. The number of amides is 3. The maximum absolute atomic E-state index is 12.9. The molecule has 1 unspecified atom stereocenters. The van der Waals surface area contributed by atoms with Gasteiger partial charge in [0, 0.05) is 38.4 Å². The molecule has 2 aliphatic heterocycles. The predicted molar refractivity (Wildman–Crippen MR) is 102 cm³/mol. The monoisotopic (exact) mass is 399 g/mol. The molecule has 0 bridgehead atoms. The van der Waals surface area contributed by atoms with Crippen molar-refractivity contribution in [2.45, 2.75) is 40.2 Å². The standard InChI is InChI=1S/C18H29N3O5S/c1-5-26-17(25)16(24)20-8-6-19(7-9-20)15(23)13-11-27-12-21(13)14(22)10-18(2,3)4/h13H,5-12H2,1-4H3. The lowest BCUT2D eigenvalue weighted by Crippen LogP contribution is -2.56. The molecule has 9 heteroatoms. The van der Waals surface area contributed by atoms with Crippen LogP contribution in [0.2, 0.25) is 0 Å². The number of hydrogen-bond acceptors (Lipinski definition) is 6. The first-order chi connectivity index (χ1) is 12.6. The molecule has 8 nitrogen and oxygen atoms in total. The predicted octanol–water partition coefficient (Wildman–Crippen LogP) is 0.558. The lowest BCUT2D eigenvalue weighted by Gasteiger charge is -2.37. The van der Waals surface area contributed by atoms with Crippen LogP contribution in [0.25, 0.3) is 0 Å². The highest BCUT2D eigenvalue weighted by Crippen LogP contribution is 2.27. The summed E-state index contributed by atoms with van der Waals surface area (Å²) in [6.45, 7) is 9.10. The van der Waals surface area contributed by atoms with Crippen LogP contribution >= 0.6 is 11.8 Å². The Balaban J connectivity index is 1.92. The van der Waals surface area contributed by atoms with E-state index in [1.165, 1.54) is 4.90 Å². The lowest BCUT2D eigenvalue weighted by molar-refractivity contribution is -0.161. The van der Waals surface area contributed by atoms with E-state index < -0.39 is 17.9 Å². The summed E-state index contributed by atoms with van der Waals surface area (Å²) in [5.41, 5.74) is -0.128. The second-order valence-electron chi connectivity index (χ2n) is 7.95.